The maximum absolute atomic E-state index is 11.4. The fourth-order valence-corrected chi connectivity index (χ4v) is 2.87. The van der Waals surface area contributed by atoms with Gasteiger partial charge < -0.3 is 4.74 Å². The molecule has 0 bridgehead atoms. The molecule has 0 aromatic heterocycles. The summed E-state index contributed by atoms with van der Waals surface area (Å²) >= 11 is 0. The Bertz CT molecular complexity index is 219. The number of hydrogen-bond donors (Lipinski definition) is 0. The summed E-state index contributed by atoms with van der Waals surface area (Å²) in [6.07, 6.45) is 6.52. The lowest BCUT2D eigenvalue weighted by Crippen LogP contribution is -2.23. The quantitative estimate of drug-likeness (QED) is 0.716. The molecule has 2 nitrogen and oxygen atoms in total. The first kappa shape index (κ1) is 11.1. The first-order valence-electron chi connectivity index (χ1n) is 6.35. The van der Waals surface area contributed by atoms with Crippen molar-refractivity contribution >= 4 is 5.78 Å². The van der Waals surface area contributed by atoms with Gasteiger partial charge in [-0.05, 0) is 43.4 Å². The van der Waals surface area contributed by atoms with Gasteiger partial charge in [0.25, 0.3) is 0 Å². The van der Waals surface area contributed by atoms with Gasteiger partial charge in [0.2, 0.25) is 0 Å². The lowest BCUT2D eigenvalue weighted by molar-refractivity contribution is -0.122. The van der Waals surface area contributed by atoms with Crippen LogP contribution >= 0.6 is 0 Å². The molecule has 1 saturated carbocycles. The minimum atomic E-state index is 0.487. The normalized spacial score (nSPS) is 37.1. The van der Waals surface area contributed by atoms with Gasteiger partial charge in [0.15, 0.2) is 0 Å². The Kier molecular flexibility index (Phi) is 3.79. The summed E-state index contributed by atoms with van der Waals surface area (Å²) in [4.78, 5) is 11.4. The molecule has 1 saturated heterocycles. The number of carbonyl (C=O) groups excluding carboxylic acids is 1. The van der Waals surface area contributed by atoms with Crippen molar-refractivity contribution in [3.8, 4) is 0 Å². The van der Waals surface area contributed by atoms with Crippen molar-refractivity contribution in [3.05, 3.63) is 0 Å². The summed E-state index contributed by atoms with van der Waals surface area (Å²) in [7, 11) is 0. The van der Waals surface area contributed by atoms with Gasteiger partial charge in [-0.15, -0.1) is 0 Å². The molecule has 86 valence electrons. The van der Waals surface area contributed by atoms with E-state index >= 15 is 0 Å². The second-order valence-corrected chi connectivity index (χ2v) is 5.33. The van der Waals surface area contributed by atoms with Crippen LogP contribution in [0.15, 0.2) is 0 Å². The van der Waals surface area contributed by atoms with Crippen LogP contribution in [0.1, 0.15) is 45.4 Å². The Labute approximate surface area is 92.4 Å². The molecule has 0 spiro atoms. The molecule has 2 fully saturated rings. The van der Waals surface area contributed by atoms with Crippen LogP contribution in [0.4, 0.5) is 0 Å². The Balaban J connectivity index is 1.74. The topological polar surface area (TPSA) is 26.3 Å². The molecule has 15 heavy (non-hydrogen) atoms. The van der Waals surface area contributed by atoms with Crippen molar-refractivity contribution in [2.45, 2.75) is 45.4 Å². The molecule has 1 aliphatic carbocycles. The van der Waals surface area contributed by atoms with Gasteiger partial charge in [-0.25, -0.2) is 0 Å². The van der Waals surface area contributed by atoms with Crippen molar-refractivity contribution in [1.29, 1.82) is 0 Å². The number of hydrogen-bond acceptors (Lipinski definition) is 2. The van der Waals surface area contributed by atoms with E-state index in [2.05, 4.69) is 6.92 Å². The van der Waals surface area contributed by atoms with E-state index in [-0.39, 0.29) is 0 Å². The van der Waals surface area contributed by atoms with Crippen LogP contribution < -0.4 is 0 Å². The SMILES string of the molecule is CC1CCC(=O)CC1CCC1CCOC1. The van der Waals surface area contributed by atoms with Crippen LogP contribution in [0.2, 0.25) is 0 Å². The zero-order chi connectivity index (χ0) is 10.7. The highest BCUT2D eigenvalue weighted by molar-refractivity contribution is 5.79. The van der Waals surface area contributed by atoms with E-state index in [1.54, 1.807) is 0 Å². The van der Waals surface area contributed by atoms with Crippen LogP contribution in [-0.4, -0.2) is 19.0 Å². The number of carbonyl (C=O) groups is 1. The van der Waals surface area contributed by atoms with Crippen LogP contribution in [0.25, 0.3) is 0 Å². The van der Waals surface area contributed by atoms with Crippen molar-refractivity contribution in [3.63, 3.8) is 0 Å². The van der Waals surface area contributed by atoms with Crippen molar-refractivity contribution in [2.24, 2.45) is 17.8 Å². The molecule has 2 heteroatoms. The minimum absolute atomic E-state index is 0.487. The average Bonchev–Trinajstić information content (AvgIpc) is 2.72. The highest BCUT2D eigenvalue weighted by atomic mass is 16.5. The smallest absolute Gasteiger partial charge is 0.133 e. The standard InChI is InChI=1S/C13H22O2/c1-10-2-5-13(14)8-12(10)4-3-11-6-7-15-9-11/h10-12H,2-9H2,1H3. The van der Waals surface area contributed by atoms with Crippen LogP contribution in [0.3, 0.4) is 0 Å². The number of rotatable bonds is 3. The Morgan fingerprint density at radius 1 is 1.33 bits per heavy atom. The minimum Gasteiger partial charge on any atom is -0.381 e. The van der Waals surface area contributed by atoms with E-state index in [0.717, 1.165) is 44.3 Å². The highest BCUT2D eigenvalue weighted by Crippen LogP contribution is 2.33. The van der Waals surface area contributed by atoms with Gasteiger partial charge in [-0.3, -0.25) is 4.79 Å². The van der Waals surface area contributed by atoms with E-state index in [4.69, 9.17) is 4.74 Å². The lowest BCUT2D eigenvalue weighted by atomic mass is 9.76. The first-order chi connectivity index (χ1) is 7.25. The Hall–Kier alpha value is -0.370. The molecule has 0 N–H and O–H groups in total. The molecule has 3 unspecified atom stereocenters. The first-order valence-corrected chi connectivity index (χ1v) is 6.35. The van der Waals surface area contributed by atoms with Crippen molar-refractivity contribution < 1.29 is 9.53 Å². The van der Waals surface area contributed by atoms with Crippen molar-refractivity contribution in [1.82, 2.24) is 0 Å². The van der Waals surface area contributed by atoms with E-state index in [9.17, 15) is 4.79 Å². The van der Waals surface area contributed by atoms with Crippen LogP contribution in [0, 0.1) is 17.8 Å². The largest absolute Gasteiger partial charge is 0.381 e. The summed E-state index contributed by atoms with van der Waals surface area (Å²) in [6.45, 7) is 4.21. The van der Waals surface area contributed by atoms with Gasteiger partial charge >= 0.3 is 0 Å². The molecule has 0 radical (unpaired) electrons. The molecule has 1 heterocycles. The molecule has 3 atom stereocenters. The fourth-order valence-electron chi connectivity index (χ4n) is 2.87. The maximum Gasteiger partial charge on any atom is 0.133 e. The predicted octanol–water partition coefficient (Wildman–Crippen LogP) is 2.81. The summed E-state index contributed by atoms with van der Waals surface area (Å²) in [5, 5.41) is 0. The fraction of sp³-hybridized carbons (Fsp3) is 0.923. The zero-order valence-electron chi connectivity index (χ0n) is 9.71. The maximum atomic E-state index is 11.4. The molecule has 0 aromatic rings. The second kappa shape index (κ2) is 5.11. The lowest BCUT2D eigenvalue weighted by Gasteiger charge is -2.28. The van der Waals surface area contributed by atoms with Gasteiger partial charge in [0.1, 0.15) is 5.78 Å². The summed E-state index contributed by atoms with van der Waals surface area (Å²) in [6, 6.07) is 0. The van der Waals surface area contributed by atoms with E-state index in [1.165, 1.54) is 19.3 Å². The van der Waals surface area contributed by atoms with Gasteiger partial charge in [0, 0.05) is 26.1 Å². The van der Waals surface area contributed by atoms with E-state index < -0.39 is 0 Å². The molecule has 2 aliphatic rings. The predicted molar refractivity (Wildman–Crippen MR) is 59.7 cm³/mol. The third kappa shape index (κ3) is 3.04. The Morgan fingerprint density at radius 2 is 2.20 bits per heavy atom. The molecular formula is C13H22O2. The van der Waals surface area contributed by atoms with Crippen LogP contribution in [-0.2, 0) is 9.53 Å². The number of ketones is 1. The molecule has 0 amide bonds. The molecule has 2 rings (SSSR count). The average molecular weight is 210 g/mol. The third-order valence-electron chi connectivity index (χ3n) is 4.14. The zero-order valence-corrected chi connectivity index (χ0v) is 9.71. The summed E-state index contributed by atoms with van der Waals surface area (Å²) in [5.41, 5.74) is 0. The van der Waals surface area contributed by atoms with Gasteiger partial charge in [0.05, 0.1) is 0 Å². The van der Waals surface area contributed by atoms with Gasteiger partial charge in [-0.2, -0.15) is 0 Å². The van der Waals surface area contributed by atoms with Crippen molar-refractivity contribution in [2.75, 3.05) is 13.2 Å². The summed E-state index contributed by atoms with van der Waals surface area (Å²) < 4.78 is 5.38. The van der Waals surface area contributed by atoms with Crippen LogP contribution in [0.5, 0.6) is 0 Å². The Morgan fingerprint density at radius 3 is 2.93 bits per heavy atom. The summed E-state index contributed by atoms with van der Waals surface area (Å²) in [5.74, 6) is 2.67. The van der Waals surface area contributed by atoms with E-state index in [0.29, 0.717) is 11.7 Å². The second-order valence-electron chi connectivity index (χ2n) is 5.33. The third-order valence-corrected chi connectivity index (χ3v) is 4.14. The molecular weight excluding hydrogens is 188 g/mol. The molecule has 1 aliphatic heterocycles. The monoisotopic (exact) mass is 210 g/mol. The van der Waals surface area contributed by atoms with E-state index in [1.807, 2.05) is 0 Å². The number of Topliss-reactive ketones (excluding diaryl/α,β-unsaturated/α-hetero) is 1. The van der Waals surface area contributed by atoms with Gasteiger partial charge in [-0.1, -0.05) is 6.92 Å². The number of ether oxygens (including phenoxy) is 1. The highest BCUT2D eigenvalue weighted by Gasteiger charge is 2.27. The molecule has 0 aromatic carbocycles.